The first kappa shape index (κ1) is 12.2. The van der Waals surface area contributed by atoms with Gasteiger partial charge in [-0.2, -0.15) is 5.10 Å². The number of carbonyl (C=O) groups excluding carboxylic acids is 1. The molecule has 0 aliphatic heterocycles. The molecule has 1 aromatic heterocycles. The molecule has 1 rings (SSSR count). The number of H-pyrrole nitrogens is 1. The van der Waals surface area contributed by atoms with E-state index in [-0.39, 0.29) is 11.3 Å². The Bertz CT molecular complexity index is 308. The van der Waals surface area contributed by atoms with Gasteiger partial charge in [-0.15, -0.1) is 0 Å². The molecule has 0 atom stereocenters. The van der Waals surface area contributed by atoms with Gasteiger partial charge in [0.2, 0.25) is 0 Å². The molecule has 0 bridgehead atoms. The minimum Gasteiger partial charge on any atom is -0.350 e. The van der Waals surface area contributed by atoms with Crippen molar-refractivity contribution in [1.29, 1.82) is 0 Å². The van der Waals surface area contributed by atoms with E-state index in [1.807, 2.05) is 0 Å². The Balaban J connectivity index is 2.40. The lowest BCUT2D eigenvalue weighted by atomic mass is 9.90. The summed E-state index contributed by atoms with van der Waals surface area (Å²) in [7, 11) is 0. The van der Waals surface area contributed by atoms with Crippen LogP contribution in [0.15, 0.2) is 12.3 Å². The van der Waals surface area contributed by atoms with Crippen molar-refractivity contribution in [2.45, 2.75) is 20.3 Å². The zero-order valence-corrected chi connectivity index (χ0v) is 10.6. The molecule has 1 heterocycles. The molecule has 0 saturated carbocycles. The summed E-state index contributed by atoms with van der Waals surface area (Å²) in [4.78, 5) is 11.6. The monoisotopic (exact) mass is 273 g/mol. The average Bonchev–Trinajstić information content (AvgIpc) is 2.67. The number of aromatic amines is 1. The maximum atomic E-state index is 11.6. The SMILES string of the molecule is CC(C)(CCBr)CNC(=O)c1ccn[nH]1. The molecule has 0 aliphatic carbocycles. The van der Waals surface area contributed by atoms with Gasteiger partial charge in [-0.1, -0.05) is 29.8 Å². The highest BCUT2D eigenvalue weighted by Gasteiger charge is 2.18. The number of carbonyl (C=O) groups is 1. The highest BCUT2D eigenvalue weighted by atomic mass is 79.9. The number of hydrogen-bond donors (Lipinski definition) is 2. The molecule has 84 valence electrons. The van der Waals surface area contributed by atoms with Crippen LogP contribution in [0.25, 0.3) is 0 Å². The fraction of sp³-hybridized carbons (Fsp3) is 0.600. The van der Waals surface area contributed by atoms with Gasteiger partial charge in [0.1, 0.15) is 5.69 Å². The second-order valence-corrected chi connectivity index (χ2v) is 5.05. The van der Waals surface area contributed by atoms with Gasteiger partial charge in [0.15, 0.2) is 0 Å². The third kappa shape index (κ3) is 4.03. The van der Waals surface area contributed by atoms with Crippen molar-refractivity contribution >= 4 is 21.8 Å². The van der Waals surface area contributed by atoms with Crippen molar-refractivity contribution in [1.82, 2.24) is 15.5 Å². The first-order chi connectivity index (χ1) is 7.05. The molecule has 0 saturated heterocycles. The Morgan fingerprint density at radius 3 is 2.93 bits per heavy atom. The number of aromatic nitrogens is 2. The summed E-state index contributed by atoms with van der Waals surface area (Å²) in [6.07, 6.45) is 2.59. The second-order valence-electron chi connectivity index (χ2n) is 4.26. The minimum atomic E-state index is -0.102. The van der Waals surface area contributed by atoms with Gasteiger partial charge in [-0.3, -0.25) is 9.89 Å². The maximum absolute atomic E-state index is 11.6. The summed E-state index contributed by atoms with van der Waals surface area (Å²) in [5.41, 5.74) is 0.615. The third-order valence-electron chi connectivity index (χ3n) is 2.24. The van der Waals surface area contributed by atoms with Crippen LogP contribution >= 0.6 is 15.9 Å². The van der Waals surface area contributed by atoms with E-state index in [1.165, 1.54) is 0 Å². The third-order valence-corrected chi connectivity index (χ3v) is 2.64. The molecule has 0 aliphatic rings. The van der Waals surface area contributed by atoms with Crippen LogP contribution in [0.4, 0.5) is 0 Å². The van der Waals surface area contributed by atoms with Gasteiger partial charge >= 0.3 is 0 Å². The molecule has 2 N–H and O–H groups in total. The van der Waals surface area contributed by atoms with Crippen molar-refractivity contribution in [3.63, 3.8) is 0 Å². The predicted molar refractivity (Wildman–Crippen MR) is 63.1 cm³/mol. The summed E-state index contributed by atoms with van der Waals surface area (Å²) in [6.45, 7) is 4.92. The largest absolute Gasteiger partial charge is 0.350 e. The van der Waals surface area contributed by atoms with Crippen LogP contribution in [-0.2, 0) is 0 Å². The Morgan fingerprint density at radius 1 is 1.67 bits per heavy atom. The van der Waals surface area contributed by atoms with Crippen molar-refractivity contribution in [2.24, 2.45) is 5.41 Å². The van der Waals surface area contributed by atoms with Crippen molar-refractivity contribution in [3.05, 3.63) is 18.0 Å². The summed E-state index contributed by atoms with van der Waals surface area (Å²) in [5, 5.41) is 10.2. The molecule has 15 heavy (non-hydrogen) atoms. The highest BCUT2D eigenvalue weighted by Crippen LogP contribution is 2.19. The highest BCUT2D eigenvalue weighted by molar-refractivity contribution is 9.09. The molecular weight excluding hydrogens is 258 g/mol. The Labute approximate surface area is 98.0 Å². The second kappa shape index (κ2) is 5.30. The van der Waals surface area contributed by atoms with Gasteiger partial charge in [0.05, 0.1) is 0 Å². The maximum Gasteiger partial charge on any atom is 0.269 e. The Morgan fingerprint density at radius 2 is 2.40 bits per heavy atom. The van der Waals surface area contributed by atoms with Crippen LogP contribution in [-0.4, -0.2) is 28.0 Å². The topological polar surface area (TPSA) is 57.8 Å². The van der Waals surface area contributed by atoms with Crippen LogP contribution in [0.5, 0.6) is 0 Å². The van der Waals surface area contributed by atoms with Crippen LogP contribution < -0.4 is 5.32 Å². The fourth-order valence-corrected chi connectivity index (χ4v) is 2.21. The number of amides is 1. The van der Waals surface area contributed by atoms with Gasteiger partial charge < -0.3 is 5.32 Å². The zero-order chi connectivity index (χ0) is 11.3. The molecule has 0 spiro atoms. The molecule has 1 amide bonds. The van der Waals surface area contributed by atoms with E-state index in [2.05, 4.69) is 45.3 Å². The van der Waals surface area contributed by atoms with Crippen molar-refractivity contribution in [2.75, 3.05) is 11.9 Å². The number of halogens is 1. The Hall–Kier alpha value is -0.840. The van der Waals surface area contributed by atoms with E-state index in [0.717, 1.165) is 11.8 Å². The Kier molecular flexibility index (Phi) is 4.32. The molecule has 0 radical (unpaired) electrons. The van der Waals surface area contributed by atoms with E-state index >= 15 is 0 Å². The van der Waals surface area contributed by atoms with E-state index in [4.69, 9.17) is 0 Å². The molecule has 0 unspecified atom stereocenters. The van der Waals surface area contributed by atoms with E-state index < -0.39 is 0 Å². The minimum absolute atomic E-state index is 0.102. The van der Waals surface area contributed by atoms with E-state index in [0.29, 0.717) is 12.2 Å². The smallest absolute Gasteiger partial charge is 0.269 e. The average molecular weight is 274 g/mol. The van der Waals surface area contributed by atoms with E-state index in [1.54, 1.807) is 12.3 Å². The van der Waals surface area contributed by atoms with Crippen molar-refractivity contribution < 1.29 is 4.79 Å². The lowest BCUT2D eigenvalue weighted by molar-refractivity contribution is 0.0931. The molecule has 1 aromatic rings. The van der Waals surface area contributed by atoms with Gasteiger partial charge in [-0.25, -0.2) is 0 Å². The van der Waals surface area contributed by atoms with Gasteiger partial charge in [0, 0.05) is 18.1 Å². The normalized spacial score (nSPS) is 11.4. The number of nitrogens with zero attached hydrogens (tertiary/aromatic N) is 1. The standard InChI is InChI=1S/C10H16BrN3O/c1-10(2,4-5-11)7-12-9(15)8-3-6-13-14-8/h3,6H,4-5,7H2,1-2H3,(H,12,15)(H,13,14). The summed E-state index contributed by atoms with van der Waals surface area (Å²) < 4.78 is 0. The zero-order valence-electron chi connectivity index (χ0n) is 9.01. The summed E-state index contributed by atoms with van der Waals surface area (Å²) >= 11 is 3.40. The number of rotatable bonds is 5. The van der Waals surface area contributed by atoms with Crippen LogP contribution in [0.3, 0.4) is 0 Å². The van der Waals surface area contributed by atoms with Crippen LogP contribution in [0, 0.1) is 5.41 Å². The predicted octanol–water partition coefficient (Wildman–Crippen LogP) is 1.95. The van der Waals surface area contributed by atoms with E-state index in [9.17, 15) is 4.79 Å². The molecule has 4 nitrogen and oxygen atoms in total. The number of alkyl halides is 1. The first-order valence-corrected chi connectivity index (χ1v) is 6.01. The number of nitrogens with one attached hydrogen (secondary N) is 2. The molecule has 0 fully saturated rings. The quantitative estimate of drug-likeness (QED) is 0.806. The first-order valence-electron chi connectivity index (χ1n) is 4.89. The lowest BCUT2D eigenvalue weighted by Gasteiger charge is -2.23. The molecule has 5 heteroatoms. The molecular formula is C10H16BrN3O. The van der Waals surface area contributed by atoms with Crippen molar-refractivity contribution in [3.8, 4) is 0 Å². The molecule has 0 aromatic carbocycles. The number of hydrogen-bond acceptors (Lipinski definition) is 2. The fourth-order valence-electron chi connectivity index (χ4n) is 1.14. The summed E-state index contributed by atoms with van der Waals surface area (Å²) in [6, 6.07) is 1.66. The summed E-state index contributed by atoms with van der Waals surface area (Å²) in [5.74, 6) is -0.102. The van der Waals surface area contributed by atoms with Crippen LogP contribution in [0.1, 0.15) is 30.8 Å². The van der Waals surface area contributed by atoms with Crippen LogP contribution in [0.2, 0.25) is 0 Å². The lowest BCUT2D eigenvalue weighted by Crippen LogP contribution is -2.34. The van der Waals surface area contributed by atoms with Gasteiger partial charge in [-0.05, 0) is 17.9 Å². The van der Waals surface area contributed by atoms with Gasteiger partial charge in [0.25, 0.3) is 5.91 Å².